The fraction of sp³-hybridized carbons (Fsp3) is 0.667. The van der Waals surface area contributed by atoms with E-state index < -0.39 is 24.1 Å². The molecule has 6 nitrogen and oxygen atoms in total. The minimum absolute atomic E-state index is 0.636. The number of nitrogens with one attached hydrogen (secondary N) is 2. The van der Waals surface area contributed by atoms with E-state index in [1.165, 1.54) is 14.0 Å². The van der Waals surface area contributed by atoms with Gasteiger partial charge in [-0.15, -0.1) is 0 Å². The number of hydrogen-bond donors (Lipinski definition) is 4. The molecule has 0 bridgehead atoms. The number of carboxylic acid groups (broad SMARTS) is 1. The molecule has 0 saturated carbocycles. The maximum Gasteiger partial charge on any atom is 0.328 e. The van der Waals surface area contributed by atoms with E-state index in [9.17, 15) is 9.59 Å². The molecule has 0 aromatic carbocycles. The van der Waals surface area contributed by atoms with Crippen molar-refractivity contribution in [1.29, 1.82) is 0 Å². The Bertz CT molecular complexity index is 180. The summed E-state index contributed by atoms with van der Waals surface area (Å²) in [5.41, 5.74) is 0. The van der Waals surface area contributed by atoms with Crippen molar-refractivity contribution >= 4 is 12.0 Å². The molecule has 0 fully saturated rings. The highest BCUT2D eigenvalue weighted by Gasteiger charge is 2.24. The Hall–Kier alpha value is -1.30. The molecular weight excluding hydrogens is 164 g/mol. The van der Waals surface area contributed by atoms with Crippen LogP contribution in [0, 0.1) is 0 Å². The topological polar surface area (TPSA) is 98.7 Å². The quantitative estimate of drug-likeness (QED) is 0.431. The van der Waals surface area contributed by atoms with Gasteiger partial charge in [0, 0.05) is 7.05 Å². The fourth-order valence-corrected chi connectivity index (χ4v) is 0.602. The lowest BCUT2D eigenvalue weighted by Crippen LogP contribution is -2.50. The van der Waals surface area contributed by atoms with Crippen molar-refractivity contribution in [3.63, 3.8) is 0 Å². The first-order chi connectivity index (χ1) is 5.49. The number of hydrogen-bond acceptors (Lipinski definition) is 3. The zero-order chi connectivity index (χ0) is 9.72. The normalized spacial score (nSPS) is 14.6. The van der Waals surface area contributed by atoms with Crippen LogP contribution in [-0.2, 0) is 4.79 Å². The predicted molar refractivity (Wildman–Crippen MR) is 40.7 cm³/mol. The van der Waals surface area contributed by atoms with E-state index in [1.54, 1.807) is 0 Å². The van der Waals surface area contributed by atoms with Crippen LogP contribution in [0.4, 0.5) is 4.79 Å². The van der Waals surface area contributed by atoms with Gasteiger partial charge < -0.3 is 20.8 Å². The van der Waals surface area contributed by atoms with E-state index in [-0.39, 0.29) is 0 Å². The average Bonchev–Trinajstić information content (AvgIpc) is 1.98. The number of aliphatic carboxylic acids is 1. The highest BCUT2D eigenvalue weighted by Crippen LogP contribution is 1.92. The number of urea groups is 1. The van der Waals surface area contributed by atoms with Gasteiger partial charge in [0.15, 0.2) is 6.04 Å². The molecule has 0 radical (unpaired) electrons. The van der Waals surface area contributed by atoms with Crippen molar-refractivity contribution in [3.8, 4) is 0 Å². The summed E-state index contributed by atoms with van der Waals surface area (Å²) in [5.74, 6) is -1.27. The molecule has 6 heteroatoms. The lowest BCUT2D eigenvalue weighted by molar-refractivity contribution is -0.141. The molecule has 0 aliphatic carbocycles. The average molecular weight is 176 g/mol. The molecule has 0 heterocycles. The van der Waals surface area contributed by atoms with Crippen molar-refractivity contribution < 1.29 is 19.8 Å². The Balaban J connectivity index is 4.14. The van der Waals surface area contributed by atoms with Gasteiger partial charge in [-0.2, -0.15) is 0 Å². The van der Waals surface area contributed by atoms with E-state index in [1.807, 2.05) is 0 Å². The van der Waals surface area contributed by atoms with Crippen molar-refractivity contribution in [2.45, 2.75) is 19.1 Å². The Morgan fingerprint density at radius 3 is 2.17 bits per heavy atom. The van der Waals surface area contributed by atoms with Crippen LogP contribution in [0.3, 0.4) is 0 Å². The largest absolute Gasteiger partial charge is 0.480 e. The standard InChI is InChI=1S/C6H12N2O4/c1-3(9)4(5(10)11)8-6(12)7-2/h3-4,9H,1-2H3,(H,10,11)(H2,7,8,12). The van der Waals surface area contributed by atoms with Crippen LogP contribution in [0.2, 0.25) is 0 Å². The van der Waals surface area contributed by atoms with Gasteiger partial charge in [-0.25, -0.2) is 9.59 Å². The summed E-state index contributed by atoms with van der Waals surface area (Å²) < 4.78 is 0. The minimum Gasteiger partial charge on any atom is -0.480 e. The summed E-state index contributed by atoms with van der Waals surface area (Å²) in [7, 11) is 1.36. The summed E-state index contributed by atoms with van der Waals surface area (Å²) >= 11 is 0. The number of carbonyl (C=O) groups is 2. The zero-order valence-electron chi connectivity index (χ0n) is 6.87. The van der Waals surface area contributed by atoms with Gasteiger partial charge in [-0.1, -0.05) is 0 Å². The lowest BCUT2D eigenvalue weighted by atomic mass is 10.2. The molecule has 12 heavy (non-hydrogen) atoms. The SMILES string of the molecule is CNC(=O)NC(C(=O)O)C(C)O. The maximum absolute atomic E-state index is 10.6. The smallest absolute Gasteiger partial charge is 0.328 e. The molecule has 2 unspecified atom stereocenters. The maximum atomic E-state index is 10.6. The Kier molecular flexibility index (Phi) is 4.06. The third kappa shape index (κ3) is 3.20. The minimum atomic E-state index is -1.27. The third-order valence-corrected chi connectivity index (χ3v) is 1.26. The monoisotopic (exact) mass is 176 g/mol. The molecule has 0 rings (SSSR count). The molecule has 70 valence electrons. The van der Waals surface area contributed by atoms with E-state index in [0.29, 0.717) is 0 Å². The first-order valence-electron chi connectivity index (χ1n) is 3.38. The fourth-order valence-electron chi connectivity index (χ4n) is 0.602. The molecule has 2 amide bonds. The van der Waals surface area contributed by atoms with Gasteiger partial charge in [-0.3, -0.25) is 0 Å². The van der Waals surface area contributed by atoms with Crippen LogP contribution in [0.25, 0.3) is 0 Å². The second-order valence-corrected chi connectivity index (χ2v) is 2.28. The molecule has 0 spiro atoms. The van der Waals surface area contributed by atoms with Crippen molar-refractivity contribution in [2.75, 3.05) is 7.05 Å². The summed E-state index contributed by atoms with van der Waals surface area (Å²) in [6.45, 7) is 1.29. The Morgan fingerprint density at radius 1 is 1.42 bits per heavy atom. The first-order valence-corrected chi connectivity index (χ1v) is 3.38. The van der Waals surface area contributed by atoms with Gasteiger partial charge in [0.2, 0.25) is 0 Å². The molecule has 4 N–H and O–H groups in total. The van der Waals surface area contributed by atoms with Crippen LogP contribution in [-0.4, -0.2) is 41.4 Å². The molecule has 0 aromatic heterocycles. The zero-order valence-corrected chi connectivity index (χ0v) is 6.87. The second-order valence-electron chi connectivity index (χ2n) is 2.28. The summed E-state index contributed by atoms with van der Waals surface area (Å²) in [5, 5.41) is 21.6. The Labute approximate surface area is 69.6 Å². The first kappa shape index (κ1) is 10.7. The second kappa shape index (κ2) is 4.55. The van der Waals surface area contributed by atoms with E-state index in [0.717, 1.165) is 0 Å². The van der Waals surface area contributed by atoms with Gasteiger partial charge in [0.1, 0.15) is 0 Å². The van der Waals surface area contributed by atoms with Crippen LogP contribution in [0.15, 0.2) is 0 Å². The molecule has 0 aromatic rings. The summed E-state index contributed by atoms with van der Waals surface area (Å²) in [6.07, 6.45) is -1.13. The van der Waals surface area contributed by atoms with E-state index in [4.69, 9.17) is 10.2 Å². The van der Waals surface area contributed by atoms with Crippen molar-refractivity contribution in [1.82, 2.24) is 10.6 Å². The third-order valence-electron chi connectivity index (χ3n) is 1.26. The van der Waals surface area contributed by atoms with Gasteiger partial charge in [-0.05, 0) is 6.92 Å². The van der Waals surface area contributed by atoms with Crippen LogP contribution >= 0.6 is 0 Å². The Morgan fingerprint density at radius 2 is 1.92 bits per heavy atom. The van der Waals surface area contributed by atoms with E-state index >= 15 is 0 Å². The van der Waals surface area contributed by atoms with Crippen LogP contribution in [0.5, 0.6) is 0 Å². The lowest BCUT2D eigenvalue weighted by Gasteiger charge is -2.16. The number of aliphatic hydroxyl groups is 1. The number of aliphatic hydroxyl groups excluding tert-OH is 1. The molecular formula is C6H12N2O4. The molecule has 0 aliphatic heterocycles. The number of rotatable bonds is 3. The van der Waals surface area contributed by atoms with Crippen LogP contribution < -0.4 is 10.6 Å². The van der Waals surface area contributed by atoms with E-state index in [2.05, 4.69) is 10.6 Å². The summed E-state index contributed by atoms with van der Waals surface area (Å²) in [4.78, 5) is 21.0. The number of carboxylic acids is 1. The van der Waals surface area contributed by atoms with Gasteiger partial charge in [0.25, 0.3) is 0 Å². The van der Waals surface area contributed by atoms with Crippen LogP contribution in [0.1, 0.15) is 6.92 Å². The van der Waals surface area contributed by atoms with Crippen molar-refractivity contribution in [3.05, 3.63) is 0 Å². The van der Waals surface area contributed by atoms with Gasteiger partial charge >= 0.3 is 12.0 Å². The predicted octanol–water partition coefficient (Wildman–Crippen LogP) is -1.25. The highest BCUT2D eigenvalue weighted by molar-refractivity contribution is 5.82. The highest BCUT2D eigenvalue weighted by atomic mass is 16.4. The molecule has 2 atom stereocenters. The number of amides is 2. The van der Waals surface area contributed by atoms with Crippen molar-refractivity contribution in [2.24, 2.45) is 0 Å². The molecule has 0 aliphatic rings. The number of carbonyl (C=O) groups excluding carboxylic acids is 1. The van der Waals surface area contributed by atoms with Gasteiger partial charge in [0.05, 0.1) is 6.10 Å². The summed E-state index contributed by atoms with van der Waals surface area (Å²) in [6, 6.07) is -1.91. The molecule has 0 saturated heterocycles.